The van der Waals surface area contributed by atoms with Crippen LogP contribution in [0.3, 0.4) is 0 Å². The molecule has 0 spiro atoms. The van der Waals surface area contributed by atoms with Crippen molar-refractivity contribution in [2.75, 3.05) is 12.9 Å². The molecule has 8 heteroatoms. The van der Waals surface area contributed by atoms with Crippen LogP contribution in [0.2, 0.25) is 0 Å². The zero-order valence-electron chi connectivity index (χ0n) is 21.4. The van der Waals surface area contributed by atoms with Crippen LogP contribution in [0.5, 0.6) is 5.75 Å². The Bertz CT molecular complexity index is 1600. The quantitative estimate of drug-likeness (QED) is 0.153. The Hall–Kier alpha value is -4.43. The van der Waals surface area contributed by atoms with Crippen molar-refractivity contribution in [2.24, 2.45) is 5.10 Å². The average Bonchev–Trinajstić information content (AvgIpc) is 3.38. The Morgan fingerprint density at radius 2 is 1.68 bits per heavy atom. The van der Waals surface area contributed by atoms with Gasteiger partial charge in [-0.1, -0.05) is 84.1 Å². The number of carbonyl (C=O) groups excluding carboxylic acids is 1. The van der Waals surface area contributed by atoms with E-state index in [1.165, 1.54) is 11.8 Å². The largest absolute Gasteiger partial charge is 0.497 e. The number of amides is 1. The van der Waals surface area contributed by atoms with E-state index in [0.717, 1.165) is 44.6 Å². The Labute approximate surface area is 225 Å². The lowest BCUT2D eigenvalue weighted by Gasteiger charge is -2.11. The molecule has 0 bridgehead atoms. The number of fused-ring (bicyclic) bond motifs is 1. The molecule has 1 N–H and O–H groups in total. The average molecular weight is 522 g/mol. The maximum Gasteiger partial charge on any atom is 0.250 e. The number of aryl methyl sites for hydroxylation is 1. The van der Waals surface area contributed by atoms with Crippen molar-refractivity contribution in [1.29, 1.82) is 0 Å². The van der Waals surface area contributed by atoms with Gasteiger partial charge >= 0.3 is 0 Å². The molecule has 7 nitrogen and oxygen atoms in total. The fourth-order valence-electron chi connectivity index (χ4n) is 4.13. The second kappa shape index (κ2) is 11.3. The number of hydrogen-bond donors (Lipinski definition) is 1. The first-order valence-corrected chi connectivity index (χ1v) is 13.1. The number of nitrogens with one attached hydrogen (secondary N) is 1. The van der Waals surface area contributed by atoms with E-state index in [0.29, 0.717) is 11.0 Å². The van der Waals surface area contributed by atoms with E-state index in [9.17, 15) is 4.79 Å². The van der Waals surface area contributed by atoms with Gasteiger partial charge in [0.15, 0.2) is 11.0 Å². The molecule has 5 aromatic rings. The van der Waals surface area contributed by atoms with E-state index in [1.807, 2.05) is 91.2 Å². The van der Waals surface area contributed by atoms with Gasteiger partial charge in [0.05, 0.1) is 18.6 Å². The maximum absolute atomic E-state index is 12.7. The van der Waals surface area contributed by atoms with Crippen LogP contribution in [0.25, 0.3) is 27.8 Å². The number of carbonyl (C=O) groups is 1. The summed E-state index contributed by atoms with van der Waals surface area (Å²) in [6.45, 7) is 3.94. The van der Waals surface area contributed by atoms with Gasteiger partial charge in [-0.3, -0.25) is 9.36 Å². The third-order valence-electron chi connectivity index (χ3n) is 6.13. The number of aromatic nitrogens is 3. The van der Waals surface area contributed by atoms with Gasteiger partial charge in [-0.25, -0.2) is 5.43 Å². The summed E-state index contributed by atoms with van der Waals surface area (Å²) in [6, 6.07) is 30.0. The molecule has 0 fully saturated rings. The van der Waals surface area contributed by atoms with Gasteiger partial charge in [-0.2, -0.15) is 5.10 Å². The summed E-state index contributed by atoms with van der Waals surface area (Å²) in [7, 11) is 1.63. The molecule has 38 heavy (non-hydrogen) atoms. The third kappa shape index (κ3) is 5.45. The summed E-state index contributed by atoms with van der Waals surface area (Å²) in [6.07, 6.45) is 0. The first-order chi connectivity index (χ1) is 18.5. The number of benzene rings is 4. The molecule has 5 rings (SSSR count). The zero-order chi connectivity index (χ0) is 26.5. The van der Waals surface area contributed by atoms with E-state index in [-0.39, 0.29) is 11.7 Å². The topological polar surface area (TPSA) is 81.4 Å². The first-order valence-electron chi connectivity index (χ1n) is 12.1. The lowest BCUT2D eigenvalue weighted by Crippen LogP contribution is -2.21. The van der Waals surface area contributed by atoms with Gasteiger partial charge < -0.3 is 4.74 Å². The van der Waals surface area contributed by atoms with Crippen LogP contribution < -0.4 is 10.2 Å². The van der Waals surface area contributed by atoms with Crippen molar-refractivity contribution < 1.29 is 9.53 Å². The number of hydrogen-bond acceptors (Lipinski definition) is 6. The highest BCUT2D eigenvalue weighted by Gasteiger charge is 2.17. The monoisotopic (exact) mass is 521 g/mol. The molecular formula is C30H27N5O2S. The van der Waals surface area contributed by atoms with Crippen LogP contribution in [0.15, 0.2) is 101 Å². The summed E-state index contributed by atoms with van der Waals surface area (Å²) in [4.78, 5) is 12.7. The molecule has 0 atom stereocenters. The SMILES string of the molecule is COc1ccc(-n2c(SCC(=O)N/N=C(/C)c3cccc4ccccc34)nnc2-c2ccc(C)cc2)cc1. The minimum absolute atomic E-state index is 0.133. The van der Waals surface area contributed by atoms with Crippen molar-refractivity contribution in [3.05, 3.63) is 102 Å². The molecule has 190 valence electrons. The summed E-state index contributed by atoms with van der Waals surface area (Å²) >= 11 is 1.31. The van der Waals surface area contributed by atoms with Crippen LogP contribution in [-0.4, -0.2) is 39.2 Å². The highest BCUT2D eigenvalue weighted by Crippen LogP contribution is 2.29. The summed E-state index contributed by atoms with van der Waals surface area (Å²) in [5, 5.41) is 16.1. The van der Waals surface area contributed by atoms with Crippen molar-refractivity contribution in [2.45, 2.75) is 19.0 Å². The van der Waals surface area contributed by atoms with E-state index < -0.39 is 0 Å². The van der Waals surface area contributed by atoms with Crippen molar-refractivity contribution in [1.82, 2.24) is 20.2 Å². The number of nitrogens with zero attached hydrogens (tertiary/aromatic N) is 4. The Morgan fingerprint density at radius 3 is 2.45 bits per heavy atom. The molecule has 0 saturated carbocycles. The highest BCUT2D eigenvalue weighted by molar-refractivity contribution is 7.99. The minimum atomic E-state index is -0.226. The molecule has 4 aromatic carbocycles. The van der Waals surface area contributed by atoms with Crippen molar-refractivity contribution in [3.63, 3.8) is 0 Å². The van der Waals surface area contributed by atoms with Gasteiger partial charge in [0.2, 0.25) is 0 Å². The molecule has 1 heterocycles. The molecule has 0 saturated heterocycles. The zero-order valence-corrected chi connectivity index (χ0v) is 22.2. The first kappa shape index (κ1) is 25.2. The number of ether oxygens (including phenoxy) is 1. The molecule has 1 amide bonds. The minimum Gasteiger partial charge on any atom is -0.497 e. The predicted octanol–water partition coefficient (Wildman–Crippen LogP) is 6.04. The molecule has 0 aliphatic heterocycles. The molecule has 0 radical (unpaired) electrons. The lowest BCUT2D eigenvalue weighted by molar-refractivity contribution is -0.118. The number of hydrazone groups is 1. The molecule has 0 aliphatic carbocycles. The van der Waals surface area contributed by atoms with Crippen molar-refractivity contribution in [3.8, 4) is 22.8 Å². The third-order valence-corrected chi connectivity index (χ3v) is 7.06. The lowest BCUT2D eigenvalue weighted by atomic mass is 10.0. The smallest absolute Gasteiger partial charge is 0.250 e. The standard InChI is InChI=1S/C30H27N5O2S/c1-20-11-13-23(14-12-20)29-33-34-30(35(29)24-15-17-25(37-3)18-16-24)38-19-28(36)32-31-21(2)26-10-6-8-22-7-4-5-9-27(22)26/h4-18H,19H2,1-3H3,(H,32,36)/b31-21-. The van der Waals surface area contributed by atoms with E-state index in [1.54, 1.807) is 7.11 Å². The van der Waals surface area contributed by atoms with Gasteiger partial charge in [0.25, 0.3) is 5.91 Å². The fourth-order valence-corrected chi connectivity index (χ4v) is 4.87. The Morgan fingerprint density at radius 1 is 0.947 bits per heavy atom. The number of thioether (sulfide) groups is 1. The van der Waals surface area contributed by atoms with E-state index in [2.05, 4.69) is 38.9 Å². The van der Waals surface area contributed by atoms with Crippen LogP contribution in [0, 0.1) is 6.92 Å². The van der Waals surface area contributed by atoms with E-state index in [4.69, 9.17) is 4.74 Å². The fraction of sp³-hybridized carbons (Fsp3) is 0.133. The number of rotatable bonds is 8. The predicted molar refractivity (Wildman–Crippen MR) is 153 cm³/mol. The molecular weight excluding hydrogens is 494 g/mol. The summed E-state index contributed by atoms with van der Waals surface area (Å²) in [5.41, 5.74) is 7.38. The second-order valence-electron chi connectivity index (χ2n) is 8.75. The number of methoxy groups -OCH3 is 1. The van der Waals surface area contributed by atoms with Gasteiger partial charge in [-0.05, 0) is 48.9 Å². The Balaban J connectivity index is 1.35. The van der Waals surface area contributed by atoms with Crippen LogP contribution >= 0.6 is 11.8 Å². The van der Waals surface area contributed by atoms with Gasteiger partial charge in [0, 0.05) is 16.8 Å². The molecule has 0 unspecified atom stereocenters. The van der Waals surface area contributed by atoms with E-state index >= 15 is 0 Å². The van der Waals surface area contributed by atoms with Crippen LogP contribution in [-0.2, 0) is 4.79 Å². The maximum atomic E-state index is 12.7. The van der Waals surface area contributed by atoms with Gasteiger partial charge in [0.1, 0.15) is 5.75 Å². The normalized spacial score (nSPS) is 11.5. The second-order valence-corrected chi connectivity index (χ2v) is 9.70. The summed E-state index contributed by atoms with van der Waals surface area (Å²) < 4.78 is 7.27. The Kier molecular flexibility index (Phi) is 7.51. The van der Waals surface area contributed by atoms with Crippen LogP contribution in [0.1, 0.15) is 18.1 Å². The summed E-state index contributed by atoms with van der Waals surface area (Å²) in [5.74, 6) is 1.36. The van der Waals surface area contributed by atoms with Gasteiger partial charge in [-0.15, -0.1) is 10.2 Å². The van der Waals surface area contributed by atoms with Crippen molar-refractivity contribution >= 4 is 34.2 Å². The van der Waals surface area contributed by atoms with Crippen LogP contribution in [0.4, 0.5) is 0 Å². The molecule has 0 aliphatic rings. The highest BCUT2D eigenvalue weighted by atomic mass is 32.2. The molecule has 1 aromatic heterocycles.